The number of rotatable bonds is 4. The van der Waals surface area contributed by atoms with Gasteiger partial charge >= 0.3 is 0 Å². The van der Waals surface area contributed by atoms with Crippen LogP contribution < -0.4 is 10.1 Å². The predicted octanol–water partition coefficient (Wildman–Crippen LogP) is 3.84. The second-order valence-corrected chi connectivity index (χ2v) is 6.42. The highest BCUT2D eigenvalue weighted by Crippen LogP contribution is 2.45. The molecule has 104 valence electrons. The van der Waals surface area contributed by atoms with E-state index in [4.69, 9.17) is 4.74 Å². The van der Waals surface area contributed by atoms with Crippen molar-refractivity contribution >= 4 is 0 Å². The van der Waals surface area contributed by atoms with Gasteiger partial charge in [0, 0.05) is 17.6 Å². The lowest BCUT2D eigenvalue weighted by Crippen LogP contribution is -2.35. The third-order valence-corrected chi connectivity index (χ3v) is 5.05. The molecule has 4 atom stereocenters. The SMILES string of the molecule is COc1ccc(C)cc1C(C)NC1CC2CCC1C2. The van der Waals surface area contributed by atoms with Gasteiger partial charge in [0.15, 0.2) is 0 Å². The Morgan fingerprint density at radius 3 is 2.74 bits per heavy atom. The molecule has 0 heterocycles. The van der Waals surface area contributed by atoms with Crippen molar-refractivity contribution in [2.45, 2.75) is 51.6 Å². The van der Waals surface area contributed by atoms with Gasteiger partial charge in [-0.25, -0.2) is 0 Å². The highest BCUT2D eigenvalue weighted by atomic mass is 16.5. The zero-order valence-electron chi connectivity index (χ0n) is 12.3. The van der Waals surface area contributed by atoms with Crippen molar-refractivity contribution < 1.29 is 4.74 Å². The monoisotopic (exact) mass is 259 g/mol. The van der Waals surface area contributed by atoms with Crippen LogP contribution >= 0.6 is 0 Å². The Morgan fingerprint density at radius 2 is 2.11 bits per heavy atom. The number of ether oxygens (including phenoxy) is 1. The fourth-order valence-electron chi connectivity index (χ4n) is 4.05. The molecule has 4 unspecified atom stereocenters. The molecule has 0 saturated heterocycles. The zero-order valence-corrected chi connectivity index (χ0v) is 12.3. The highest BCUT2D eigenvalue weighted by Gasteiger charge is 2.39. The van der Waals surface area contributed by atoms with Crippen LogP contribution in [0.4, 0.5) is 0 Å². The van der Waals surface area contributed by atoms with Gasteiger partial charge in [0.1, 0.15) is 5.75 Å². The van der Waals surface area contributed by atoms with Gasteiger partial charge < -0.3 is 10.1 Å². The van der Waals surface area contributed by atoms with Crippen molar-refractivity contribution in [3.63, 3.8) is 0 Å². The Hall–Kier alpha value is -1.02. The van der Waals surface area contributed by atoms with E-state index in [-0.39, 0.29) is 0 Å². The maximum atomic E-state index is 5.51. The first-order valence-corrected chi connectivity index (χ1v) is 7.58. The van der Waals surface area contributed by atoms with Crippen molar-refractivity contribution in [3.05, 3.63) is 29.3 Å². The molecular weight excluding hydrogens is 234 g/mol. The van der Waals surface area contributed by atoms with Gasteiger partial charge in [0.2, 0.25) is 0 Å². The van der Waals surface area contributed by atoms with E-state index >= 15 is 0 Å². The van der Waals surface area contributed by atoms with Crippen molar-refractivity contribution in [1.82, 2.24) is 5.32 Å². The minimum Gasteiger partial charge on any atom is -0.496 e. The fourth-order valence-corrected chi connectivity index (χ4v) is 4.05. The summed E-state index contributed by atoms with van der Waals surface area (Å²) in [5.74, 6) is 2.92. The Balaban J connectivity index is 1.73. The number of fused-ring (bicyclic) bond motifs is 2. The van der Waals surface area contributed by atoms with Crippen molar-refractivity contribution in [3.8, 4) is 5.75 Å². The Kier molecular flexibility index (Phi) is 3.53. The largest absolute Gasteiger partial charge is 0.496 e. The summed E-state index contributed by atoms with van der Waals surface area (Å²) >= 11 is 0. The zero-order chi connectivity index (χ0) is 13.4. The van der Waals surface area contributed by atoms with Crippen molar-refractivity contribution in [2.75, 3.05) is 7.11 Å². The number of aryl methyl sites for hydroxylation is 1. The molecule has 2 saturated carbocycles. The topological polar surface area (TPSA) is 21.3 Å². The first-order chi connectivity index (χ1) is 9.17. The smallest absolute Gasteiger partial charge is 0.123 e. The van der Waals surface area contributed by atoms with Crippen LogP contribution in [0, 0.1) is 18.8 Å². The second-order valence-electron chi connectivity index (χ2n) is 6.42. The lowest BCUT2D eigenvalue weighted by molar-refractivity contribution is 0.321. The van der Waals surface area contributed by atoms with Gasteiger partial charge in [0.25, 0.3) is 0 Å². The van der Waals surface area contributed by atoms with Crippen LogP contribution in [0.2, 0.25) is 0 Å². The number of hydrogen-bond donors (Lipinski definition) is 1. The van der Waals surface area contributed by atoms with Gasteiger partial charge in [-0.15, -0.1) is 0 Å². The molecule has 1 N–H and O–H groups in total. The van der Waals surface area contributed by atoms with Crippen molar-refractivity contribution in [2.24, 2.45) is 11.8 Å². The molecule has 2 aliphatic rings. The molecule has 2 heteroatoms. The molecule has 0 amide bonds. The van der Waals surface area contributed by atoms with Crippen LogP contribution in [0.3, 0.4) is 0 Å². The summed E-state index contributed by atoms with van der Waals surface area (Å²) in [6.45, 7) is 4.41. The minimum absolute atomic E-state index is 0.374. The Bertz CT molecular complexity index is 457. The fraction of sp³-hybridized carbons (Fsp3) is 0.647. The van der Waals surface area contributed by atoms with Crippen LogP contribution in [-0.2, 0) is 0 Å². The van der Waals surface area contributed by atoms with Gasteiger partial charge in [-0.05, 0) is 51.0 Å². The summed E-state index contributed by atoms with van der Waals surface area (Å²) in [7, 11) is 1.76. The molecule has 1 aromatic carbocycles. The Labute approximate surface area is 116 Å². The molecule has 2 fully saturated rings. The van der Waals surface area contributed by atoms with Crippen molar-refractivity contribution in [1.29, 1.82) is 0 Å². The molecule has 19 heavy (non-hydrogen) atoms. The molecule has 2 bridgehead atoms. The molecule has 1 aromatic rings. The van der Waals surface area contributed by atoms with E-state index in [0.717, 1.165) is 23.6 Å². The lowest BCUT2D eigenvalue weighted by atomic mass is 9.93. The van der Waals surface area contributed by atoms with Crippen LogP contribution in [-0.4, -0.2) is 13.2 Å². The first-order valence-electron chi connectivity index (χ1n) is 7.58. The van der Waals surface area contributed by atoms with Gasteiger partial charge in [-0.2, -0.15) is 0 Å². The quantitative estimate of drug-likeness (QED) is 0.887. The van der Waals surface area contributed by atoms with E-state index in [1.54, 1.807) is 7.11 Å². The predicted molar refractivity (Wildman–Crippen MR) is 78.5 cm³/mol. The summed E-state index contributed by atoms with van der Waals surface area (Å²) in [5.41, 5.74) is 2.60. The summed E-state index contributed by atoms with van der Waals surface area (Å²) < 4.78 is 5.51. The van der Waals surface area contributed by atoms with Gasteiger partial charge in [-0.1, -0.05) is 24.1 Å². The van der Waals surface area contributed by atoms with Crippen LogP contribution in [0.25, 0.3) is 0 Å². The maximum Gasteiger partial charge on any atom is 0.123 e. The molecular formula is C17H25NO. The summed E-state index contributed by atoms with van der Waals surface area (Å²) in [4.78, 5) is 0. The van der Waals surface area contributed by atoms with E-state index in [9.17, 15) is 0 Å². The van der Waals surface area contributed by atoms with Crippen LogP contribution in [0.1, 0.15) is 49.8 Å². The van der Waals surface area contributed by atoms with Crippen LogP contribution in [0.15, 0.2) is 18.2 Å². The molecule has 2 nitrogen and oxygen atoms in total. The first kappa shape index (κ1) is 13.0. The van der Waals surface area contributed by atoms with Gasteiger partial charge in [-0.3, -0.25) is 0 Å². The molecule has 3 rings (SSSR count). The Morgan fingerprint density at radius 1 is 1.26 bits per heavy atom. The van der Waals surface area contributed by atoms with Gasteiger partial charge in [0.05, 0.1) is 7.11 Å². The number of hydrogen-bond acceptors (Lipinski definition) is 2. The van der Waals surface area contributed by atoms with E-state index in [0.29, 0.717) is 6.04 Å². The summed E-state index contributed by atoms with van der Waals surface area (Å²) in [6.07, 6.45) is 5.73. The minimum atomic E-state index is 0.374. The number of methoxy groups -OCH3 is 1. The standard InChI is InChI=1S/C17H25NO/c1-11-4-7-17(19-3)15(8-11)12(2)18-16-10-13-5-6-14(16)9-13/h4,7-8,12-14,16,18H,5-6,9-10H2,1-3H3. The molecule has 0 spiro atoms. The number of nitrogens with one attached hydrogen (secondary N) is 1. The third-order valence-electron chi connectivity index (χ3n) is 5.05. The summed E-state index contributed by atoms with van der Waals surface area (Å²) in [6, 6.07) is 7.55. The number of benzene rings is 1. The third kappa shape index (κ3) is 2.51. The van der Waals surface area contributed by atoms with E-state index in [2.05, 4.69) is 37.4 Å². The molecule has 0 aliphatic heterocycles. The molecule has 2 aliphatic carbocycles. The molecule has 0 radical (unpaired) electrons. The van der Waals surface area contributed by atoms with E-state index in [1.165, 1.54) is 36.8 Å². The highest BCUT2D eigenvalue weighted by molar-refractivity contribution is 5.39. The maximum absolute atomic E-state index is 5.51. The van der Waals surface area contributed by atoms with E-state index in [1.807, 2.05) is 0 Å². The van der Waals surface area contributed by atoms with E-state index < -0.39 is 0 Å². The average Bonchev–Trinajstić information content (AvgIpc) is 3.01. The average molecular weight is 259 g/mol. The van der Waals surface area contributed by atoms with Crippen LogP contribution in [0.5, 0.6) is 5.75 Å². The molecule has 0 aromatic heterocycles. The lowest BCUT2D eigenvalue weighted by Gasteiger charge is -2.28. The summed E-state index contributed by atoms with van der Waals surface area (Å²) in [5, 5.41) is 3.85. The normalized spacial score (nSPS) is 30.6. The second kappa shape index (κ2) is 5.16.